The van der Waals surface area contributed by atoms with Gasteiger partial charge in [0.1, 0.15) is 17.3 Å². The fourth-order valence-corrected chi connectivity index (χ4v) is 8.02. The number of hydrogen-bond acceptors (Lipinski definition) is 6. The summed E-state index contributed by atoms with van der Waals surface area (Å²) >= 11 is 7.05. The third-order valence-electron chi connectivity index (χ3n) is 10.7. The number of allylic oxidation sites excluding steroid dienone is 2. The zero-order chi connectivity index (χ0) is 37.0. The Hall–Kier alpha value is -4.43. The van der Waals surface area contributed by atoms with Crippen LogP contribution in [-0.2, 0) is 32.0 Å². The first kappa shape index (κ1) is 37.8. The number of rotatable bonds is 11. The summed E-state index contributed by atoms with van der Waals surface area (Å²) < 4.78 is 21.4. The zero-order valence-electron chi connectivity index (χ0n) is 29.6. The Bertz CT molecular complexity index is 1920. The van der Waals surface area contributed by atoms with Gasteiger partial charge in [0.2, 0.25) is 5.78 Å². The topological polar surface area (TPSA) is 122 Å². The Morgan fingerprint density at radius 3 is 2.45 bits per heavy atom. The van der Waals surface area contributed by atoms with Crippen LogP contribution in [0.15, 0.2) is 60.2 Å². The van der Waals surface area contributed by atoms with Gasteiger partial charge in [0.15, 0.2) is 5.78 Å². The summed E-state index contributed by atoms with van der Waals surface area (Å²) in [5, 5.41) is 18.6. The molecule has 4 atom stereocenters. The van der Waals surface area contributed by atoms with Gasteiger partial charge in [0, 0.05) is 41.4 Å². The molecule has 51 heavy (non-hydrogen) atoms. The molecule has 3 aromatic carbocycles. The molecule has 1 fully saturated rings. The van der Waals surface area contributed by atoms with E-state index in [0.717, 1.165) is 24.0 Å². The summed E-state index contributed by atoms with van der Waals surface area (Å²) in [4.78, 5) is 50.9. The van der Waals surface area contributed by atoms with E-state index < -0.39 is 29.4 Å². The standard InChI is InChI=1S/C42H45ClFNO6/c1-5-26-15-16-37(46)34(17-23(2)40(26)47)41(48)36(45)21-27-10-7-12-30(24(27)3)32-14-8-13-31(39(32)43)29-20-35(44)33(38(22-29)51-4)19-25-9-6-11-28(18-25)42(49)50/h7-8,10,12-14,17,20,22-23,25-26,28,45H,5-6,9,11,15-16,18-19,21H2,1-4H3,(H,49,50)/b34-17+,45-36?/t23?,25?,26?,28-/m1/s1. The number of Topliss-reactive ketones (excluding diaryl/α,β-unsaturated/α-hetero) is 3. The molecule has 7 nitrogen and oxygen atoms in total. The molecule has 0 spiro atoms. The molecule has 2 aliphatic carbocycles. The number of methoxy groups -OCH3 is 1. The predicted octanol–water partition coefficient (Wildman–Crippen LogP) is 9.22. The van der Waals surface area contributed by atoms with Crippen LogP contribution in [-0.4, -0.2) is 41.2 Å². The first-order chi connectivity index (χ1) is 24.3. The highest BCUT2D eigenvalue weighted by molar-refractivity contribution is 6.51. The number of nitrogens with one attached hydrogen (secondary N) is 1. The number of carbonyl (C=O) groups excluding carboxylic acids is 3. The highest BCUT2D eigenvalue weighted by Crippen LogP contribution is 2.42. The number of aliphatic carboxylic acids is 1. The number of hydrogen-bond donors (Lipinski definition) is 2. The van der Waals surface area contributed by atoms with Crippen molar-refractivity contribution >= 4 is 40.6 Å². The van der Waals surface area contributed by atoms with Crippen molar-refractivity contribution < 1.29 is 33.4 Å². The van der Waals surface area contributed by atoms with Gasteiger partial charge in [-0.3, -0.25) is 19.2 Å². The number of carboxylic acid groups (broad SMARTS) is 1. The lowest BCUT2D eigenvalue weighted by Gasteiger charge is -2.27. The van der Waals surface area contributed by atoms with Crippen LogP contribution in [0.1, 0.15) is 75.5 Å². The maximum Gasteiger partial charge on any atom is 0.306 e. The SMILES string of the molecule is CCC1CCC(=O)/C(C(=O)C(=N)Cc2cccc(-c3cccc(-c4cc(F)c(CC5CCC[C@@H](C(=O)O)C5)c(OC)c4)c3Cl)c2C)=C\C(C)C1=O. The van der Waals surface area contributed by atoms with Gasteiger partial charge in [-0.25, -0.2) is 4.39 Å². The molecular formula is C42H45ClFNO6. The number of carbonyl (C=O) groups is 4. The molecular weight excluding hydrogens is 669 g/mol. The lowest BCUT2D eigenvalue weighted by Crippen LogP contribution is -2.29. The molecule has 0 bridgehead atoms. The van der Waals surface area contributed by atoms with Crippen molar-refractivity contribution in [2.24, 2.45) is 23.7 Å². The molecule has 0 radical (unpaired) electrons. The normalized spacial score (nSPS) is 22.0. The van der Waals surface area contributed by atoms with E-state index in [1.807, 2.05) is 44.2 Å². The van der Waals surface area contributed by atoms with Gasteiger partial charge in [-0.15, -0.1) is 0 Å². The van der Waals surface area contributed by atoms with Crippen molar-refractivity contribution in [3.05, 3.63) is 87.7 Å². The van der Waals surface area contributed by atoms with E-state index in [-0.39, 0.29) is 47.5 Å². The van der Waals surface area contributed by atoms with Gasteiger partial charge in [-0.1, -0.05) is 80.8 Å². The number of ketones is 3. The van der Waals surface area contributed by atoms with Crippen molar-refractivity contribution in [1.29, 1.82) is 5.41 Å². The van der Waals surface area contributed by atoms with Crippen molar-refractivity contribution in [1.82, 2.24) is 0 Å². The molecule has 5 rings (SSSR count). The zero-order valence-corrected chi connectivity index (χ0v) is 30.4. The number of halogens is 2. The van der Waals surface area contributed by atoms with E-state index in [0.29, 0.717) is 70.7 Å². The van der Waals surface area contributed by atoms with Crippen LogP contribution in [0.3, 0.4) is 0 Å². The van der Waals surface area contributed by atoms with Crippen molar-refractivity contribution in [3.8, 4) is 28.0 Å². The first-order valence-electron chi connectivity index (χ1n) is 17.7. The third kappa shape index (κ3) is 8.22. The van der Waals surface area contributed by atoms with E-state index in [1.54, 1.807) is 19.1 Å². The van der Waals surface area contributed by atoms with Gasteiger partial charge >= 0.3 is 5.97 Å². The van der Waals surface area contributed by atoms with E-state index in [9.17, 15) is 24.3 Å². The van der Waals surface area contributed by atoms with Crippen molar-refractivity contribution in [2.45, 2.75) is 78.6 Å². The van der Waals surface area contributed by atoms with E-state index in [2.05, 4.69) is 0 Å². The Morgan fingerprint density at radius 1 is 1.04 bits per heavy atom. The Kier molecular flexibility index (Phi) is 12.1. The minimum atomic E-state index is -0.803. The fourth-order valence-electron chi connectivity index (χ4n) is 7.69. The van der Waals surface area contributed by atoms with Gasteiger partial charge in [0.05, 0.1) is 29.3 Å². The molecule has 0 saturated heterocycles. The van der Waals surface area contributed by atoms with Crippen molar-refractivity contribution in [2.75, 3.05) is 7.11 Å². The second kappa shape index (κ2) is 16.3. The van der Waals surface area contributed by atoms with Crippen LogP contribution < -0.4 is 4.74 Å². The van der Waals surface area contributed by atoms with Gasteiger partial charge in [0.25, 0.3) is 0 Å². The molecule has 1 saturated carbocycles. The predicted molar refractivity (Wildman–Crippen MR) is 197 cm³/mol. The molecule has 268 valence electrons. The average molecular weight is 714 g/mol. The van der Waals surface area contributed by atoms with Crippen molar-refractivity contribution in [3.63, 3.8) is 0 Å². The summed E-state index contributed by atoms with van der Waals surface area (Å²) in [6.07, 6.45) is 5.73. The highest BCUT2D eigenvalue weighted by atomic mass is 35.5. The van der Waals surface area contributed by atoms with Crippen LogP contribution in [0.25, 0.3) is 22.3 Å². The smallest absolute Gasteiger partial charge is 0.306 e. The number of carboxylic acids is 1. The quantitative estimate of drug-likeness (QED) is 0.151. The Morgan fingerprint density at radius 2 is 1.75 bits per heavy atom. The maximum atomic E-state index is 15.8. The second-order valence-electron chi connectivity index (χ2n) is 14.0. The first-order valence-corrected chi connectivity index (χ1v) is 18.1. The molecule has 0 amide bonds. The van der Waals surface area contributed by atoms with Crippen LogP contribution in [0, 0.1) is 41.8 Å². The molecule has 0 heterocycles. The van der Waals surface area contributed by atoms with Gasteiger partial charge in [-0.05, 0) is 79.3 Å². The van der Waals surface area contributed by atoms with Gasteiger partial charge in [-0.2, -0.15) is 0 Å². The minimum Gasteiger partial charge on any atom is -0.496 e. The van der Waals surface area contributed by atoms with Crippen LogP contribution in [0.2, 0.25) is 5.02 Å². The van der Waals surface area contributed by atoms with E-state index >= 15 is 4.39 Å². The molecule has 2 aliphatic rings. The lowest BCUT2D eigenvalue weighted by atomic mass is 9.78. The molecule has 0 aliphatic heterocycles. The minimum absolute atomic E-state index is 0.0109. The summed E-state index contributed by atoms with van der Waals surface area (Å²) in [7, 11) is 1.49. The molecule has 3 unspecified atom stereocenters. The molecule has 2 N–H and O–H groups in total. The molecule has 3 aromatic rings. The Labute approximate surface area is 303 Å². The van der Waals surface area contributed by atoms with E-state index in [4.69, 9.17) is 21.7 Å². The lowest BCUT2D eigenvalue weighted by molar-refractivity contribution is -0.143. The van der Waals surface area contributed by atoms with Crippen LogP contribution in [0.4, 0.5) is 4.39 Å². The van der Waals surface area contributed by atoms with Gasteiger partial charge < -0.3 is 15.3 Å². The number of ether oxygens (including phenoxy) is 1. The van der Waals surface area contributed by atoms with Crippen LogP contribution >= 0.6 is 11.6 Å². The largest absolute Gasteiger partial charge is 0.496 e. The average Bonchev–Trinajstić information content (AvgIpc) is 3.11. The molecule has 9 heteroatoms. The van der Waals surface area contributed by atoms with Crippen LogP contribution in [0.5, 0.6) is 5.75 Å². The summed E-state index contributed by atoms with van der Waals surface area (Å²) in [5.74, 6) is -3.01. The monoisotopic (exact) mass is 713 g/mol. The molecule has 0 aromatic heterocycles. The summed E-state index contributed by atoms with van der Waals surface area (Å²) in [5.41, 5.74) is 4.20. The second-order valence-corrected chi connectivity index (χ2v) is 14.4. The summed E-state index contributed by atoms with van der Waals surface area (Å²) in [6.45, 7) is 5.50. The third-order valence-corrected chi connectivity index (χ3v) is 11.1. The number of benzene rings is 3. The highest BCUT2D eigenvalue weighted by Gasteiger charge is 2.31. The summed E-state index contributed by atoms with van der Waals surface area (Å²) in [6, 6.07) is 14.2. The Balaban J connectivity index is 1.40. The maximum absolute atomic E-state index is 15.8. The fraction of sp³-hybridized carbons (Fsp3) is 0.405. The van der Waals surface area contributed by atoms with E-state index in [1.165, 1.54) is 19.3 Å².